The number of likely N-dealkylation sites (tertiary alicyclic amines) is 1. The molecule has 1 aromatic rings. The first-order chi connectivity index (χ1) is 13.7. The molecular formula is C19H27N3O6S. The second kappa shape index (κ2) is 8.68. The Bertz CT molecular complexity index is 880. The van der Waals surface area contributed by atoms with Gasteiger partial charge < -0.3 is 19.6 Å². The van der Waals surface area contributed by atoms with E-state index in [9.17, 15) is 23.1 Å². The van der Waals surface area contributed by atoms with Gasteiger partial charge in [-0.25, -0.2) is 8.42 Å². The van der Waals surface area contributed by atoms with Crippen LogP contribution in [0.5, 0.6) is 5.75 Å². The van der Waals surface area contributed by atoms with E-state index in [0.29, 0.717) is 51.0 Å². The molecule has 3 rings (SSSR count). The van der Waals surface area contributed by atoms with E-state index in [1.165, 1.54) is 25.0 Å². The monoisotopic (exact) mass is 425 g/mol. The minimum atomic E-state index is -4.08. The van der Waals surface area contributed by atoms with Crippen molar-refractivity contribution < 1.29 is 27.9 Å². The van der Waals surface area contributed by atoms with E-state index < -0.39 is 22.2 Å². The van der Waals surface area contributed by atoms with Crippen molar-refractivity contribution in [3.05, 3.63) is 18.2 Å². The third-order valence-electron chi connectivity index (χ3n) is 5.29. The number of nitrogens with zero attached hydrogens (tertiary/aromatic N) is 2. The van der Waals surface area contributed by atoms with Crippen LogP contribution in [-0.4, -0.2) is 69.1 Å². The van der Waals surface area contributed by atoms with Gasteiger partial charge in [-0.05, 0) is 38.3 Å². The number of rotatable bonds is 6. The van der Waals surface area contributed by atoms with Crippen molar-refractivity contribution in [1.82, 2.24) is 9.62 Å². The average molecular weight is 426 g/mol. The van der Waals surface area contributed by atoms with Crippen molar-refractivity contribution in [2.45, 2.75) is 49.6 Å². The van der Waals surface area contributed by atoms with Crippen LogP contribution in [0.25, 0.3) is 0 Å². The Labute approximate surface area is 170 Å². The lowest BCUT2D eigenvalue weighted by Gasteiger charge is -2.31. The summed E-state index contributed by atoms with van der Waals surface area (Å²) in [5.41, 5.74) is 0.405. The van der Waals surface area contributed by atoms with Crippen molar-refractivity contribution >= 4 is 27.5 Å². The van der Waals surface area contributed by atoms with E-state index in [2.05, 4.69) is 4.72 Å². The molecule has 2 N–H and O–H groups in total. The van der Waals surface area contributed by atoms with Gasteiger partial charge in [-0.1, -0.05) is 6.07 Å². The summed E-state index contributed by atoms with van der Waals surface area (Å²) in [5.74, 6) is -0.344. The van der Waals surface area contributed by atoms with Crippen LogP contribution in [0, 0.1) is 0 Å². The predicted octanol–water partition coefficient (Wildman–Crippen LogP) is 0.472. The van der Waals surface area contributed by atoms with E-state index in [1.807, 2.05) is 0 Å². The zero-order chi connectivity index (χ0) is 21.2. The number of anilines is 1. The molecule has 29 heavy (non-hydrogen) atoms. The number of methoxy groups -OCH3 is 1. The van der Waals surface area contributed by atoms with Gasteiger partial charge in [-0.2, -0.15) is 4.72 Å². The lowest BCUT2D eigenvalue weighted by molar-refractivity contribution is -0.134. The summed E-state index contributed by atoms with van der Waals surface area (Å²) in [6.45, 7) is 2.77. The van der Waals surface area contributed by atoms with E-state index in [4.69, 9.17) is 4.74 Å². The summed E-state index contributed by atoms with van der Waals surface area (Å²) in [6.07, 6.45) is 1.64. The number of sulfonamides is 1. The van der Waals surface area contributed by atoms with Gasteiger partial charge in [0.25, 0.3) is 0 Å². The van der Waals surface area contributed by atoms with Gasteiger partial charge in [0, 0.05) is 26.1 Å². The molecule has 1 aromatic carbocycles. The molecule has 0 unspecified atom stereocenters. The highest BCUT2D eigenvalue weighted by Crippen LogP contribution is 2.36. The first kappa shape index (κ1) is 21.5. The Morgan fingerprint density at radius 1 is 1.28 bits per heavy atom. The molecule has 0 radical (unpaired) electrons. The highest BCUT2D eigenvalue weighted by Gasteiger charge is 2.32. The van der Waals surface area contributed by atoms with Gasteiger partial charge in [0.15, 0.2) is 5.75 Å². The molecule has 2 fully saturated rings. The maximum absolute atomic E-state index is 13.0. The zero-order valence-corrected chi connectivity index (χ0v) is 17.4. The summed E-state index contributed by atoms with van der Waals surface area (Å²) >= 11 is 0. The molecular weight excluding hydrogens is 398 g/mol. The first-order valence-corrected chi connectivity index (χ1v) is 11.2. The largest absolute Gasteiger partial charge is 0.493 e. The van der Waals surface area contributed by atoms with Crippen LogP contribution in [0.4, 0.5) is 5.69 Å². The Hall–Kier alpha value is -2.17. The summed E-state index contributed by atoms with van der Waals surface area (Å²) < 4.78 is 33.8. The van der Waals surface area contributed by atoms with Crippen LogP contribution >= 0.6 is 0 Å². The van der Waals surface area contributed by atoms with Gasteiger partial charge in [-0.3, -0.25) is 9.59 Å². The number of aliphatic hydroxyl groups excluding tert-OH is 1. The maximum atomic E-state index is 13.0. The number of hydrogen-bond acceptors (Lipinski definition) is 6. The number of para-hydroxylation sites is 1. The van der Waals surface area contributed by atoms with Crippen LogP contribution < -0.4 is 14.4 Å². The number of carbonyl (C=O) groups is 2. The van der Waals surface area contributed by atoms with Crippen molar-refractivity contribution in [3.63, 3.8) is 0 Å². The fourth-order valence-corrected chi connectivity index (χ4v) is 5.13. The second-order valence-electron chi connectivity index (χ2n) is 7.36. The molecule has 2 amide bonds. The Kier molecular flexibility index (Phi) is 6.45. The smallest absolute Gasteiger partial charge is 0.245 e. The number of nitrogens with one attached hydrogen (secondary N) is 1. The standard InChI is InChI=1S/C19H27N3O6S/c1-13(19(25)21-11-8-14(23)9-12-21)20-29(26,27)16-6-3-5-15(18(16)28-2)22-10-4-7-17(22)24/h3,5-6,13-14,20,23H,4,7-12H2,1-2H3/t13-/m0/s1. The number of hydrogen-bond donors (Lipinski definition) is 2. The van der Waals surface area contributed by atoms with Crippen molar-refractivity contribution in [3.8, 4) is 5.75 Å². The number of amides is 2. The molecule has 10 heteroatoms. The zero-order valence-electron chi connectivity index (χ0n) is 16.6. The highest BCUT2D eigenvalue weighted by atomic mass is 32.2. The van der Waals surface area contributed by atoms with E-state index >= 15 is 0 Å². The first-order valence-electron chi connectivity index (χ1n) is 9.71. The van der Waals surface area contributed by atoms with Crippen LogP contribution in [0.1, 0.15) is 32.6 Å². The molecule has 160 valence electrons. The molecule has 1 atom stereocenters. The van der Waals surface area contributed by atoms with Gasteiger partial charge in [0.1, 0.15) is 4.90 Å². The molecule has 2 aliphatic heterocycles. The van der Waals surface area contributed by atoms with Crippen LogP contribution in [-0.2, 0) is 19.6 Å². The summed E-state index contributed by atoms with van der Waals surface area (Å²) in [5, 5.41) is 9.58. The molecule has 0 bridgehead atoms. The van der Waals surface area contributed by atoms with Crippen LogP contribution in [0.15, 0.2) is 23.1 Å². The van der Waals surface area contributed by atoms with Gasteiger partial charge in [0.05, 0.1) is 24.9 Å². The number of benzene rings is 1. The maximum Gasteiger partial charge on any atom is 0.245 e. The highest BCUT2D eigenvalue weighted by molar-refractivity contribution is 7.89. The number of piperidine rings is 1. The van der Waals surface area contributed by atoms with E-state index in [1.54, 1.807) is 17.0 Å². The van der Waals surface area contributed by atoms with Gasteiger partial charge in [0.2, 0.25) is 21.8 Å². The lowest BCUT2D eigenvalue weighted by atomic mass is 10.1. The van der Waals surface area contributed by atoms with E-state index in [-0.39, 0.29) is 22.5 Å². The van der Waals surface area contributed by atoms with Gasteiger partial charge >= 0.3 is 0 Å². The third-order valence-corrected chi connectivity index (χ3v) is 6.86. The molecule has 2 aliphatic rings. The molecule has 0 saturated carbocycles. The predicted molar refractivity (Wildman–Crippen MR) is 106 cm³/mol. The second-order valence-corrected chi connectivity index (χ2v) is 9.04. The molecule has 2 saturated heterocycles. The Morgan fingerprint density at radius 3 is 2.55 bits per heavy atom. The molecule has 0 aromatic heterocycles. The summed E-state index contributed by atoms with van der Waals surface area (Å²) in [6, 6.07) is 3.61. The topological polar surface area (TPSA) is 116 Å². The number of aliphatic hydroxyl groups is 1. The molecule has 9 nitrogen and oxygen atoms in total. The number of carbonyl (C=O) groups excluding carboxylic acids is 2. The molecule has 0 spiro atoms. The minimum Gasteiger partial charge on any atom is -0.493 e. The average Bonchev–Trinajstić information content (AvgIpc) is 3.12. The van der Waals surface area contributed by atoms with E-state index in [0.717, 1.165) is 0 Å². The van der Waals surface area contributed by atoms with Crippen LogP contribution in [0.3, 0.4) is 0 Å². The Balaban J connectivity index is 1.82. The normalized spacial score (nSPS) is 19.5. The lowest BCUT2D eigenvalue weighted by Crippen LogP contribution is -2.49. The molecule has 0 aliphatic carbocycles. The minimum absolute atomic E-state index is 0.0796. The molecule has 2 heterocycles. The fourth-order valence-electron chi connectivity index (χ4n) is 3.74. The fraction of sp³-hybridized carbons (Fsp3) is 0.579. The summed E-state index contributed by atoms with van der Waals surface area (Å²) in [7, 11) is -2.72. The summed E-state index contributed by atoms with van der Waals surface area (Å²) in [4.78, 5) is 27.7. The van der Waals surface area contributed by atoms with Gasteiger partial charge in [-0.15, -0.1) is 0 Å². The van der Waals surface area contributed by atoms with Crippen molar-refractivity contribution in [1.29, 1.82) is 0 Å². The van der Waals surface area contributed by atoms with Crippen molar-refractivity contribution in [2.24, 2.45) is 0 Å². The SMILES string of the molecule is COc1c(N2CCCC2=O)cccc1S(=O)(=O)N[C@@H](C)C(=O)N1CCC(O)CC1. The quantitative estimate of drug-likeness (QED) is 0.685. The Morgan fingerprint density at radius 2 is 1.97 bits per heavy atom. The van der Waals surface area contributed by atoms with Crippen molar-refractivity contribution in [2.75, 3.05) is 31.6 Å². The third kappa shape index (κ3) is 4.54. The number of ether oxygens (including phenoxy) is 1. The van der Waals surface area contributed by atoms with Crippen LogP contribution in [0.2, 0.25) is 0 Å².